The largest absolute Gasteiger partial charge is 0.488 e. The topological polar surface area (TPSA) is 84.9 Å². The van der Waals surface area contributed by atoms with E-state index in [2.05, 4.69) is 21.2 Å². The number of hydrogen-bond acceptors (Lipinski definition) is 5. The lowest BCUT2D eigenvalue weighted by Gasteiger charge is -2.14. The van der Waals surface area contributed by atoms with Crippen LogP contribution < -0.4 is 10.1 Å². The van der Waals surface area contributed by atoms with Crippen LogP contribution in [0.2, 0.25) is 0 Å². The predicted molar refractivity (Wildman–Crippen MR) is 100 cm³/mol. The Morgan fingerprint density at radius 1 is 1.15 bits per heavy atom. The van der Waals surface area contributed by atoms with Gasteiger partial charge in [0.25, 0.3) is 5.91 Å². The Morgan fingerprint density at radius 2 is 1.96 bits per heavy atom. The number of halogens is 1. The van der Waals surface area contributed by atoms with Gasteiger partial charge in [0.1, 0.15) is 17.9 Å². The SMILES string of the molecule is O=C(OCC(=O)N1CCNC1=O)c1ccccc1OCc1cccc(Br)c1. The second-order valence-electron chi connectivity index (χ2n) is 5.77. The minimum absolute atomic E-state index is 0.214. The Labute approximate surface area is 164 Å². The molecular formula is C19H17BrN2O5. The zero-order chi connectivity index (χ0) is 19.2. The number of para-hydroxylation sites is 1. The van der Waals surface area contributed by atoms with Crippen molar-refractivity contribution in [1.82, 2.24) is 10.2 Å². The molecule has 0 saturated carbocycles. The molecule has 1 aliphatic rings. The summed E-state index contributed by atoms with van der Waals surface area (Å²) in [6.07, 6.45) is 0. The Kier molecular flexibility index (Phi) is 6.08. The van der Waals surface area contributed by atoms with Gasteiger partial charge in [-0.15, -0.1) is 0 Å². The molecule has 1 heterocycles. The first-order valence-electron chi connectivity index (χ1n) is 8.26. The van der Waals surface area contributed by atoms with Crippen molar-refractivity contribution in [3.8, 4) is 5.75 Å². The van der Waals surface area contributed by atoms with Gasteiger partial charge in [0.05, 0.1) is 0 Å². The molecule has 140 valence electrons. The van der Waals surface area contributed by atoms with E-state index in [-0.39, 0.29) is 18.7 Å². The van der Waals surface area contributed by atoms with Gasteiger partial charge in [-0.05, 0) is 29.8 Å². The minimum atomic E-state index is -0.687. The number of nitrogens with zero attached hydrogens (tertiary/aromatic N) is 1. The molecule has 2 aromatic carbocycles. The molecule has 1 fully saturated rings. The van der Waals surface area contributed by atoms with E-state index in [0.717, 1.165) is 14.9 Å². The fourth-order valence-corrected chi connectivity index (χ4v) is 2.99. The summed E-state index contributed by atoms with van der Waals surface area (Å²) in [4.78, 5) is 36.8. The third kappa shape index (κ3) is 4.85. The van der Waals surface area contributed by atoms with Crippen molar-refractivity contribution in [3.63, 3.8) is 0 Å². The molecule has 0 spiro atoms. The van der Waals surface area contributed by atoms with E-state index in [0.29, 0.717) is 12.3 Å². The molecule has 7 nitrogen and oxygen atoms in total. The molecule has 0 aliphatic carbocycles. The van der Waals surface area contributed by atoms with Crippen LogP contribution in [0.3, 0.4) is 0 Å². The maximum absolute atomic E-state index is 12.4. The quantitative estimate of drug-likeness (QED) is 0.709. The summed E-state index contributed by atoms with van der Waals surface area (Å²) in [7, 11) is 0. The van der Waals surface area contributed by atoms with Crippen molar-refractivity contribution < 1.29 is 23.9 Å². The van der Waals surface area contributed by atoms with Gasteiger partial charge in [-0.2, -0.15) is 0 Å². The summed E-state index contributed by atoms with van der Waals surface area (Å²) in [5, 5.41) is 2.52. The summed E-state index contributed by atoms with van der Waals surface area (Å²) >= 11 is 3.40. The fourth-order valence-electron chi connectivity index (χ4n) is 2.54. The molecule has 27 heavy (non-hydrogen) atoms. The molecule has 2 aromatic rings. The molecular weight excluding hydrogens is 416 g/mol. The van der Waals surface area contributed by atoms with Crippen LogP contribution in [0.1, 0.15) is 15.9 Å². The highest BCUT2D eigenvalue weighted by Crippen LogP contribution is 2.21. The van der Waals surface area contributed by atoms with Crippen LogP contribution in [-0.4, -0.2) is 42.5 Å². The van der Waals surface area contributed by atoms with Crippen LogP contribution >= 0.6 is 15.9 Å². The first-order valence-corrected chi connectivity index (χ1v) is 9.05. The summed E-state index contributed by atoms with van der Waals surface area (Å²) < 4.78 is 11.7. The maximum atomic E-state index is 12.4. The van der Waals surface area contributed by atoms with Crippen molar-refractivity contribution in [2.75, 3.05) is 19.7 Å². The van der Waals surface area contributed by atoms with Gasteiger partial charge in [0.2, 0.25) is 0 Å². The highest BCUT2D eigenvalue weighted by Gasteiger charge is 2.27. The molecule has 3 rings (SSSR count). The van der Waals surface area contributed by atoms with Gasteiger partial charge in [-0.1, -0.05) is 40.2 Å². The van der Waals surface area contributed by atoms with Crippen LogP contribution in [0, 0.1) is 0 Å². The summed E-state index contributed by atoms with van der Waals surface area (Å²) in [6.45, 7) is 0.426. The molecule has 0 aromatic heterocycles. The van der Waals surface area contributed by atoms with Crippen LogP contribution in [0.5, 0.6) is 5.75 Å². The normalized spacial score (nSPS) is 13.2. The van der Waals surface area contributed by atoms with Gasteiger partial charge < -0.3 is 14.8 Å². The average Bonchev–Trinajstić information content (AvgIpc) is 3.10. The van der Waals surface area contributed by atoms with E-state index in [1.165, 1.54) is 0 Å². The lowest BCUT2D eigenvalue weighted by Crippen LogP contribution is -2.37. The second-order valence-corrected chi connectivity index (χ2v) is 6.68. The van der Waals surface area contributed by atoms with Gasteiger partial charge >= 0.3 is 12.0 Å². The monoisotopic (exact) mass is 432 g/mol. The first kappa shape index (κ1) is 18.9. The lowest BCUT2D eigenvalue weighted by atomic mass is 10.2. The van der Waals surface area contributed by atoms with Crippen LogP contribution in [0.4, 0.5) is 4.79 Å². The molecule has 1 aliphatic heterocycles. The van der Waals surface area contributed by atoms with E-state index in [1.54, 1.807) is 24.3 Å². The number of carbonyl (C=O) groups excluding carboxylic acids is 3. The molecule has 0 atom stereocenters. The van der Waals surface area contributed by atoms with E-state index in [9.17, 15) is 14.4 Å². The number of amides is 3. The Bertz CT molecular complexity index is 871. The number of imide groups is 1. The van der Waals surface area contributed by atoms with Crippen molar-refractivity contribution in [2.45, 2.75) is 6.61 Å². The molecule has 1 N–H and O–H groups in total. The number of hydrogen-bond donors (Lipinski definition) is 1. The number of rotatable bonds is 6. The van der Waals surface area contributed by atoms with Gasteiger partial charge in [0, 0.05) is 17.6 Å². The van der Waals surface area contributed by atoms with Gasteiger partial charge in [-0.3, -0.25) is 9.69 Å². The van der Waals surface area contributed by atoms with Crippen LogP contribution in [0.25, 0.3) is 0 Å². The zero-order valence-corrected chi connectivity index (χ0v) is 15.9. The third-order valence-electron chi connectivity index (χ3n) is 3.87. The Balaban J connectivity index is 1.61. The Hall–Kier alpha value is -2.87. The number of nitrogens with one attached hydrogen (secondary N) is 1. The van der Waals surface area contributed by atoms with Crippen LogP contribution in [0.15, 0.2) is 53.0 Å². The number of carbonyl (C=O) groups is 3. The number of urea groups is 1. The molecule has 0 unspecified atom stereocenters. The van der Waals surface area contributed by atoms with E-state index in [4.69, 9.17) is 9.47 Å². The van der Waals surface area contributed by atoms with Crippen molar-refractivity contribution in [3.05, 3.63) is 64.1 Å². The van der Waals surface area contributed by atoms with E-state index < -0.39 is 24.5 Å². The fraction of sp³-hybridized carbons (Fsp3) is 0.211. The molecule has 8 heteroatoms. The molecule has 3 amide bonds. The second kappa shape index (κ2) is 8.68. The van der Waals surface area contributed by atoms with Crippen molar-refractivity contribution >= 4 is 33.8 Å². The maximum Gasteiger partial charge on any atom is 0.342 e. The molecule has 0 bridgehead atoms. The standard InChI is InChI=1S/C19H17BrN2O5/c20-14-5-3-4-13(10-14)11-26-16-7-2-1-6-15(16)18(24)27-12-17(23)22-9-8-21-19(22)25/h1-7,10H,8-9,11-12H2,(H,21,25). The minimum Gasteiger partial charge on any atom is -0.488 e. The summed E-state index contributed by atoms with van der Waals surface area (Å²) in [5.41, 5.74) is 1.15. The van der Waals surface area contributed by atoms with E-state index in [1.807, 2.05) is 24.3 Å². The van der Waals surface area contributed by atoms with Crippen molar-refractivity contribution in [2.24, 2.45) is 0 Å². The number of ether oxygens (including phenoxy) is 2. The summed E-state index contributed by atoms with van der Waals surface area (Å²) in [5.74, 6) is -0.896. The Morgan fingerprint density at radius 3 is 2.70 bits per heavy atom. The third-order valence-corrected chi connectivity index (χ3v) is 4.37. The highest BCUT2D eigenvalue weighted by molar-refractivity contribution is 9.10. The van der Waals surface area contributed by atoms with Gasteiger partial charge in [0.15, 0.2) is 6.61 Å². The molecule has 0 radical (unpaired) electrons. The smallest absolute Gasteiger partial charge is 0.342 e. The first-order chi connectivity index (χ1) is 13.0. The lowest BCUT2D eigenvalue weighted by molar-refractivity contribution is -0.130. The predicted octanol–water partition coefficient (Wildman–Crippen LogP) is 2.74. The number of esters is 1. The average molecular weight is 433 g/mol. The summed E-state index contributed by atoms with van der Waals surface area (Å²) in [6, 6.07) is 13.8. The van der Waals surface area contributed by atoms with Crippen molar-refractivity contribution in [1.29, 1.82) is 0 Å². The van der Waals surface area contributed by atoms with Crippen LogP contribution in [-0.2, 0) is 16.1 Å². The zero-order valence-electron chi connectivity index (χ0n) is 14.3. The molecule has 1 saturated heterocycles. The van der Waals surface area contributed by atoms with Gasteiger partial charge in [-0.25, -0.2) is 9.59 Å². The number of benzene rings is 2. The highest BCUT2D eigenvalue weighted by atomic mass is 79.9. The van der Waals surface area contributed by atoms with E-state index >= 15 is 0 Å².